The van der Waals surface area contributed by atoms with Gasteiger partial charge in [-0.05, 0) is 52.2 Å². The SMILES string of the molecule is CCOC1CCCN(CCCCCCN)C1. The molecule has 0 spiro atoms. The molecule has 1 unspecified atom stereocenters. The molecule has 1 heterocycles. The van der Waals surface area contributed by atoms with Gasteiger partial charge >= 0.3 is 0 Å². The summed E-state index contributed by atoms with van der Waals surface area (Å²) < 4.78 is 5.70. The highest BCUT2D eigenvalue weighted by Crippen LogP contribution is 2.14. The molecule has 3 heteroatoms. The molecule has 1 atom stereocenters. The van der Waals surface area contributed by atoms with E-state index >= 15 is 0 Å². The highest BCUT2D eigenvalue weighted by Gasteiger charge is 2.19. The third-order valence-electron chi connectivity index (χ3n) is 3.29. The van der Waals surface area contributed by atoms with Crippen molar-refractivity contribution in [3.63, 3.8) is 0 Å². The van der Waals surface area contributed by atoms with Gasteiger partial charge in [0.1, 0.15) is 0 Å². The summed E-state index contributed by atoms with van der Waals surface area (Å²) in [4.78, 5) is 2.56. The van der Waals surface area contributed by atoms with E-state index in [1.54, 1.807) is 0 Å². The quantitative estimate of drug-likeness (QED) is 0.646. The van der Waals surface area contributed by atoms with Crippen LogP contribution < -0.4 is 5.73 Å². The van der Waals surface area contributed by atoms with Gasteiger partial charge in [-0.15, -0.1) is 0 Å². The number of ether oxygens (including phenoxy) is 1. The van der Waals surface area contributed by atoms with E-state index in [-0.39, 0.29) is 0 Å². The standard InChI is InChI=1S/C13H28N2O/c1-2-16-13-8-7-11-15(12-13)10-6-4-3-5-9-14/h13H,2-12,14H2,1H3. The molecular weight excluding hydrogens is 200 g/mol. The van der Waals surface area contributed by atoms with Crippen LogP contribution in [0.1, 0.15) is 45.4 Å². The summed E-state index contributed by atoms with van der Waals surface area (Å²) in [6.45, 7) is 7.44. The Morgan fingerprint density at radius 1 is 1.25 bits per heavy atom. The van der Waals surface area contributed by atoms with Crippen molar-refractivity contribution in [1.82, 2.24) is 4.90 Å². The summed E-state index contributed by atoms with van der Waals surface area (Å²) in [6, 6.07) is 0. The van der Waals surface area contributed by atoms with Crippen LogP contribution in [0.15, 0.2) is 0 Å². The number of hydrogen-bond acceptors (Lipinski definition) is 3. The maximum Gasteiger partial charge on any atom is 0.0702 e. The van der Waals surface area contributed by atoms with Crippen LogP contribution in [0, 0.1) is 0 Å². The fourth-order valence-corrected chi connectivity index (χ4v) is 2.42. The molecule has 1 rings (SSSR count). The normalized spacial score (nSPS) is 22.5. The lowest BCUT2D eigenvalue weighted by atomic mass is 10.1. The van der Waals surface area contributed by atoms with Gasteiger partial charge in [0.2, 0.25) is 0 Å². The zero-order valence-corrected chi connectivity index (χ0v) is 10.8. The highest BCUT2D eigenvalue weighted by molar-refractivity contribution is 4.73. The zero-order valence-electron chi connectivity index (χ0n) is 10.8. The van der Waals surface area contributed by atoms with Crippen molar-refractivity contribution in [2.24, 2.45) is 5.73 Å². The van der Waals surface area contributed by atoms with Gasteiger partial charge in [0, 0.05) is 13.2 Å². The first kappa shape index (κ1) is 13.9. The molecule has 0 aromatic carbocycles. The molecule has 1 fully saturated rings. The minimum atomic E-state index is 0.489. The zero-order chi connectivity index (χ0) is 11.6. The number of nitrogens with zero attached hydrogens (tertiary/aromatic N) is 1. The number of unbranched alkanes of at least 4 members (excludes halogenated alkanes) is 3. The number of piperidine rings is 1. The van der Waals surface area contributed by atoms with Gasteiger partial charge in [-0.1, -0.05) is 12.8 Å². The van der Waals surface area contributed by atoms with E-state index in [2.05, 4.69) is 11.8 Å². The molecule has 0 amide bonds. The van der Waals surface area contributed by atoms with Crippen molar-refractivity contribution < 1.29 is 4.74 Å². The molecule has 0 aliphatic carbocycles. The van der Waals surface area contributed by atoms with Crippen LogP contribution in [0.4, 0.5) is 0 Å². The predicted octanol–water partition coefficient (Wildman–Crippen LogP) is 2.01. The predicted molar refractivity (Wildman–Crippen MR) is 68.6 cm³/mol. The van der Waals surface area contributed by atoms with E-state index in [4.69, 9.17) is 10.5 Å². The van der Waals surface area contributed by atoms with Gasteiger partial charge in [0.25, 0.3) is 0 Å². The summed E-state index contributed by atoms with van der Waals surface area (Å²) in [5, 5.41) is 0. The van der Waals surface area contributed by atoms with Crippen LogP contribution in [0.5, 0.6) is 0 Å². The summed E-state index contributed by atoms with van der Waals surface area (Å²) >= 11 is 0. The lowest BCUT2D eigenvalue weighted by Gasteiger charge is -2.32. The molecule has 0 radical (unpaired) electrons. The molecular formula is C13H28N2O. The number of rotatable bonds is 8. The monoisotopic (exact) mass is 228 g/mol. The van der Waals surface area contributed by atoms with Gasteiger partial charge in [0.15, 0.2) is 0 Å². The maximum absolute atomic E-state index is 5.70. The molecule has 96 valence electrons. The summed E-state index contributed by atoms with van der Waals surface area (Å²) in [6.07, 6.45) is 8.15. The Bertz CT molecular complexity index is 162. The second-order valence-corrected chi connectivity index (χ2v) is 4.72. The van der Waals surface area contributed by atoms with Crippen LogP contribution in [-0.4, -0.2) is 43.8 Å². The third-order valence-corrected chi connectivity index (χ3v) is 3.29. The first-order valence-corrected chi connectivity index (χ1v) is 6.90. The van der Waals surface area contributed by atoms with Gasteiger partial charge in [-0.2, -0.15) is 0 Å². The van der Waals surface area contributed by atoms with Gasteiger partial charge in [-0.3, -0.25) is 0 Å². The lowest BCUT2D eigenvalue weighted by Crippen LogP contribution is -2.40. The fraction of sp³-hybridized carbons (Fsp3) is 1.00. The number of hydrogen-bond donors (Lipinski definition) is 1. The average Bonchev–Trinajstić information content (AvgIpc) is 2.30. The van der Waals surface area contributed by atoms with E-state index in [1.807, 2.05) is 0 Å². The average molecular weight is 228 g/mol. The number of likely N-dealkylation sites (tertiary alicyclic amines) is 1. The molecule has 1 aliphatic heterocycles. The van der Waals surface area contributed by atoms with Crippen molar-refractivity contribution >= 4 is 0 Å². The van der Waals surface area contributed by atoms with Crippen LogP contribution in [0.25, 0.3) is 0 Å². The Morgan fingerprint density at radius 2 is 2.06 bits per heavy atom. The van der Waals surface area contributed by atoms with E-state index in [9.17, 15) is 0 Å². The lowest BCUT2D eigenvalue weighted by molar-refractivity contribution is 0.00559. The van der Waals surface area contributed by atoms with Crippen molar-refractivity contribution in [2.75, 3.05) is 32.8 Å². The van der Waals surface area contributed by atoms with E-state index < -0.39 is 0 Å². The van der Waals surface area contributed by atoms with Crippen LogP contribution in [0.2, 0.25) is 0 Å². The third kappa shape index (κ3) is 5.83. The van der Waals surface area contributed by atoms with E-state index in [1.165, 1.54) is 51.6 Å². The fourth-order valence-electron chi connectivity index (χ4n) is 2.42. The molecule has 1 saturated heterocycles. The van der Waals surface area contributed by atoms with E-state index in [0.29, 0.717) is 6.10 Å². The van der Waals surface area contributed by atoms with Crippen LogP contribution >= 0.6 is 0 Å². The molecule has 3 nitrogen and oxygen atoms in total. The first-order valence-electron chi connectivity index (χ1n) is 6.90. The van der Waals surface area contributed by atoms with Crippen LogP contribution in [-0.2, 0) is 4.74 Å². The van der Waals surface area contributed by atoms with Crippen molar-refractivity contribution in [3.05, 3.63) is 0 Å². The minimum absolute atomic E-state index is 0.489. The summed E-state index contributed by atoms with van der Waals surface area (Å²) in [5.41, 5.74) is 5.48. The molecule has 0 aromatic heterocycles. The Balaban J connectivity index is 2.02. The van der Waals surface area contributed by atoms with Crippen molar-refractivity contribution in [3.8, 4) is 0 Å². The summed E-state index contributed by atoms with van der Waals surface area (Å²) in [5.74, 6) is 0. The Morgan fingerprint density at radius 3 is 2.81 bits per heavy atom. The van der Waals surface area contributed by atoms with E-state index in [0.717, 1.165) is 19.7 Å². The maximum atomic E-state index is 5.70. The van der Waals surface area contributed by atoms with Gasteiger partial charge in [0.05, 0.1) is 6.10 Å². The molecule has 0 saturated carbocycles. The molecule has 0 aromatic rings. The van der Waals surface area contributed by atoms with Crippen molar-refractivity contribution in [2.45, 2.75) is 51.6 Å². The smallest absolute Gasteiger partial charge is 0.0702 e. The minimum Gasteiger partial charge on any atom is -0.377 e. The molecule has 16 heavy (non-hydrogen) atoms. The summed E-state index contributed by atoms with van der Waals surface area (Å²) in [7, 11) is 0. The van der Waals surface area contributed by atoms with Gasteiger partial charge in [-0.25, -0.2) is 0 Å². The van der Waals surface area contributed by atoms with Crippen molar-refractivity contribution in [1.29, 1.82) is 0 Å². The second-order valence-electron chi connectivity index (χ2n) is 4.72. The Kier molecular flexibility index (Phi) is 7.81. The Labute approximate surface area is 100 Å². The molecule has 0 bridgehead atoms. The van der Waals surface area contributed by atoms with Gasteiger partial charge < -0.3 is 15.4 Å². The second kappa shape index (κ2) is 8.97. The highest BCUT2D eigenvalue weighted by atomic mass is 16.5. The number of nitrogens with two attached hydrogens (primary N) is 1. The topological polar surface area (TPSA) is 38.5 Å². The first-order chi connectivity index (χ1) is 7.86. The molecule has 1 aliphatic rings. The Hall–Kier alpha value is -0.120. The largest absolute Gasteiger partial charge is 0.377 e. The molecule has 2 N–H and O–H groups in total. The van der Waals surface area contributed by atoms with Crippen LogP contribution in [0.3, 0.4) is 0 Å².